The number of amides is 2. The molecule has 0 saturated carbocycles. The largest absolute Gasteiger partial charge is 0.355 e. The molecule has 1 fully saturated rings. The van der Waals surface area contributed by atoms with Gasteiger partial charge in [0, 0.05) is 50.8 Å². The molecule has 1 aliphatic rings. The lowest BCUT2D eigenvalue weighted by Crippen LogP contribution is -2.47. The standard InChI is InChI=1S/C18H21FN4O3/c1-22-8-10-23(11-9-22)17(24)6-7-20-18(25)15-12-16(26-21-15)13-2-4-14(19)5-3-13/h2-5,12H,6-11H2,1H3,(H,20,25). The van der Waals surface area contributed by atoms with Gasteiger partial charge in [-0.15, -0.1) is 0 Å². The zero-order chi connectivity index (χ0) is 18.5. The minimum absolute atomic E-state index is 0.0329. The normalized spacial score (nSPS) is 15.1. The van der Waals surface area contributed by atoms with Crippen LogP contribution in [0.2, 0.25) is 0 Å². The summed E-state index contributed by atoms with van der Waals surface area (Å²) >= 11 is 0. The summed E-state index contributed by atoms with van der Waals surface area (Å²) in [4.78, 5) is 28.2. The highest BCUT2D eigenvalue weighted by molar-refractivity contribution is 5.93. The van der Waals surface area contributed by atoms with Gasteiger partial charge in [0.25, 0.3) is 5.91 Å². The van der Waals surface area contributed by atoms with Gasteiger partial charge >= 0.3 is 0 Å². The predicted octanol–water partition coefficient (Wildman–Crippen LogP) is 1.37. The molecular formula is C18H21FN4O3. The Labute approximate surface area is 150 Å². The van der Waals surface area contributed by atoms with Gasteiger partial charge in [-0.05, 0) is 31.3 Å². The zero-order valence-electron chi connectivity index (χ0n) is 14.6. The quantitative estimate of drug-likeness (QED) is 0.871. The molecule has 2 heterocycles. The molecule has 0 radical (unpaired) electrons. The third-order valence-corrected chi connectivity index (χ3v) is 4.35. The van der Waals surface area contributed by atoms with E-state index in [0.717, 1.165) is 13.1 Å². The maximum absolute atomic E-state index is 13.0. The van der Waals surface area contributed by atoms with Crippen molar-refractivity contribution < 1.29 is 18.5 Å². The van der Waals surface area contributed by atoms with E-state index in [4.69, 9.17) is 4.52 Å². The van der Waals surface area contributed by atoms with Crippen molar-refractivity contribution in [3.05, 3.63) is 41.8 Å². The van der Waals surface area contributed by atoms with Crippen LogP contribution in [0.3, 0.4) is 0 Å². The van der Waals surface area contributed by atoms with Gasteiger partial charge in [-0.1, -0.05) is 5.16 Å². The molecule has 8 heteroatoms. The molecule has 0 aliphatic carbocycles. The highest BCUT2D eigenvalue weighted by Crippen LogP contribution is 2.20. The van der Waals surface area contributed by atoms with Crippen LogP contribution < -0.4 is 5.32 Å². The highest BCUT2D eigenvalue weighted by Gasteiger charge is 2.19. The molecule has 0 atom stereocenters. The first kappa shape index (κ1) is 18.1. The van der Waals surface area contributed by atoms with Gasteiger partial charge in [-0.3, -0.25) is 9.59 Å². The summed E-state index contributed by atoms with van der Waals surface area (Å²) in [7, 11) is 2.03. The van der Waals surface area contributed by atoms with Crippen molar-refractivity contribution in [3.8, 4) is 11.3 Å². The summed E-state index contributed by atoms with van der Waals surface area (Å²) in [5, 5.41) is 6.40. The van der Waals surface area contributed by atoms with E-state index in [9.17, 15) is 14.0 Å². The molecule has 1 aromatic carbocycles. The summed E-state index contributed by atoms with van der Waals surface area (Å²) in [5.41, 5.74) is 0.750. The summed E-state index contributed by atoms with van der Waals surface area (Å²) < 4.78 is 18.1. The maximum atomic E-state index is 13.0. The molecule has 0 spiro atoms. The maximum Gasteiger partial charge on any atom is 0.273 e. The van der Waals surface area contributed by atoms with E-state index in [1.807, 2.05) is 11.9 Å². The van der Waals surface area contributed by atoms with Gasteiger partial charge in [0.2, 0.25) is 5.91 Å². The fraction of sp³-hybridized carbons (Fsp3) is 0.389. The molecule has 2 aromatic rings. The van der Waals surface area contributed by atoms with Crippen LogP contribution >= 0.6 is 0 Å². The minimum Gasteiger partial charge on any atom is -0.355 e. The Balaban J connectivity index is 1.48. The summed E-state index contributed by atoms with van der Waals surface area (Å²) in [5.74, 6) is -0.348. The molecule has 2 amide bonds. The molecule has 1 aromatic heterocycles. The number of nitrogens with zero attached hydrogens (tertiary/aromatic N) is 3. The Hall–Kier alpha value is -2.74. The Morgan fingerprint density at radius 1 is 1.19 bits per heavy atom. The average molecular weight is 360 g/mol. The molecule has 1 saturated heterocycles. The Morgan fingerprint density at radius 2 is 1.88 bits per heavy atom. The highest BCUT2D eigenvalue weighted by atomic mass is 19.1. The van der Waals surface area contributed by atoms with Crippen LogP contribution in [-0.2, 0) is 4.79 Å². The monoisotopic (exact) mass is 360 g/mol. The summed E-state index contributed by atoms with van der Waals surface area (Å²) in [6, 6.07) is 7.20. The van der Waals surface area contributed by atoms with E-state index in [1.54, 1.807) is 12.1 Å². The first-order valence-electron chi connectivity index (χ1n) is 8.50. The number of carbonyl (C=O) groups excluding carboxylic acids is 2. The van der Waals surface area contributed by atoms with Gasteiger partial charge in [-0.2, -0.15) is 0 Å². The lowest BCUT2D eigenvalue weighted by molar-refractivity contribution is -0.132. The molecule has 3 rings (SSSR count). The number of hydrogen-bond donors (Lipinski definition) is 1. The molecule has 7 nitrogen and oxygen atoms in total. The zero-order valence-corrected chi connectivity index (χ0v) is 14.6. The molecule has 1 N–H and O–H groups in total. The minimum atomic E-state index is -0.409. The second-order valence-electron chi connectivity index (χ2n) is 6.27. The number of aromatic nitrogens is 1. The van der Waals surface area contributed by atoms with E-state index >= 15 is 0 Å². The number of piperazine rings is 1. The Kier molecular flexibility index (Phi) is 5.62. The van der Waals surface area contributed by atoms with Crippen molar-refractivity contribution >= 4 is 11.8 Å². The van der Waals surface area contributed by atoms with Gasteiger partial charge in [-0.25, -0.2) is 4.39 Å². The van der Waals surface area contributed by atoms with Gasteiger partial charge in [0.1, 0.15) is 5.82 Å². The number of benzene rings is 1. The topological polar surface area (TPSA) is 78.7 Å². The molecule has 138 valence electrons. The van der Waals surface area contributed by atoms with Crippen LogP contribution in [0.15, 0.2) is 34.9 Å². The summed E-state index contributed by atoms with van der Waals surface area (Å²) in [6.45, 7) is 3.40. The predicted molar refractivity (Wildman–Crippen MR) is 92.9 cm³/mol. The van der Waals surface area contributed by atoms with E-state index < -0.39 is 5.91 Å². The third kappa shape index (κ3) is 4.45. The number of rotatable bonds is 5. The SMILES string of the molecule is CN1CCN(C(=O)CCNC(=O)c2cc(-c3ccc(F)cc3)on2)CC1. The lowest BCUT2D eigenvalue weighted by atomic mass is 10.1. The number of carbonyl (C=O) groups is 2. The van der Waals surface area contributed by atoms with Crippen LogP contribution in [0.25, 0.3) is 11.3 Å². The van der Waals surface area contributed by atoms with Crippen LogP contribution in [0, 0.1) is 5.82 Å². The average Bonchev–Trinajstić information content (AvgIpc) is 3.13. The number of halogens is 1. The van der Waals surface area contributed by atoms with Gasteiger partial charge in [0.15, 0.2) is 11.5 Å². The Morgan fingerprint density at radius 3 is 2.58 bits per heavy atom. The molecular weight excluding hydrogens is 339 g/mol. The smallest absolute Gasteiger partial charge is 0.273 e. The van der Waals surface area contributed by atoms with Crippen molar-refractivity contribution in [2.24, 2.45) is 0 Å². The van der Waals surface area contributed by atoms with Gasteiger partial charge in [0.05, 0.1) is 0 Å². The van der Waals surface area contributed by atoms with E-state index in [-0.39, 0.29) is 30.4 Å². The van der Waals surface area contributed by atoms with Crippen molar-refractivity contribution in [1.29, 1.82) is 0 Å². The number of likely N-dealkylation sites (N-methyl/N-ethyl adjacent to an activating group) is 1. The molecule has 0 bridgehead atoms. The van der Waals surface area contributed by atoms with Crippen molar-refractivity contribution in [1.82, 2.24) is 20.3 Å². The first-order chi connectivity index (χ1) is 12.5. The van der Waals surface area contributed by atoms with Crippen molar-refractivity contribution in [2.45, 2.75) is 6.42 Å². The second kappa shape index (κ2) is 8.09. The first-order valence-corrected chi connectivity index (χ1v) is 8.50. The van der Waals surface area contributed by atoms with Crippen LogP contribution in [0.1, 0.15) is 16.9 Å². The molecule has 0 unspecified atom stereocenters. The summed E-state index contributed by atoms with van der Waals surface area (Å²) in [6.07, 6.45) is 0.248. The van der Waals surface area contributed by atoms with Gasteiger partial charge < -0.3 is 19.6 Å². The van der Waals surface area contributed by atoms with E-state index in [2.05, 4.69) is 15.4 Å². The van der Waals surface area contributed by atoms with Crippen LogP contribution in [0.5, 0.6) is 0 Å². The molecule has 26 heavy (non-hydrogen) atoms. The van der Waals surface area contributed by atoms with Crippen molar-refractivity contribution in [2.75, 3.05) is 39.8 Å². The molecule has 1 aliphatic heterocycles. The lowest BCUT2D eigenvalue weighted by Gasteiger charge is -2.32. The fourth-order valence-corrected chi connectivity index (χ4v) is 2.72. The fourth-order valence-electron chi connectivity index (χ4n) is 2.72. The van der Waals surface area contributed by atoms with Crippen LogP contribution in [-0.4, -0.2) is 66.5 Å². The second-order valence-corrected chi connectivity index (χ2v) is 6.27. The number of hydrogen-bond acceptors (Lipinski definition) is 5. The Bertz CT molecular complexity index is 767. The van der Waals surface area contributed by atoms with Crippen molar-refractivity contribution in [3.63, 3.8) is 0 Å². The third-order valence-electron chi connectivity index (χ3n) is 4.35. The van der Waals surface area contributed by atoms with E-state index in [0.29, 0.717) is 24.4 Å². The van der Waals surface area contributed by atoms with Crippen LogP contribution in [0.4, 0.5) is 4.39 Å². The number of nitrogens with one attached hydrogen (secondary N) is 1. The van der Waals surface area contributed by atoms with E-state index in [1.165, 1.54) is 18.2 Å².